The van der Waals surface area contributed by atoms with Gasteiger partial charge in [-0.25, -0.2) is 9.97 Å². The minimum atomic E-state index is -0.390. The Hall–Kier alpha value is -0.760. The van der Waals surface area contributed by atoms with Crippen LogP contribution in [0.2, 0.25) is 0 Å². The standard InChI is InChI=1S/C10H12IN3O2/c1-3-10(2)7-6(5-16-10)4-12-8(13-7)9(15)14-11/h4H,3,5H2,1-2H3,(H,14,15). The second-order valence-corrected chi connectivity index (χ2v) is 4.40. The lowest BCUT2D eigenvalue weighted by Crippen LogP contribution is -2.23. The lowest BCUT2D eigenvalue weighted by Gasteiger charge is -2.21. The van der Waals surface area contributed by atoms with Crippen LogP contribution in [0.3, 0.4) is 0 Å². The van der Waals surface area contributed by atoms with Crippen LogP contribution in [0.25, 0.3) is 0 Å². The molecule has 1 aromatic rings. The number of ether oxygens (including phenoxy) is 1. The molecule has 1 aromatic heterocycles. The summed E-state index contributed by atoms with van der Waals surface area (Å²) >= 11 is 1.77. The molecule has 1 amide bonds. The van der Waals surface area contributed by atoms with Gasteiger partial charge in [0.1, 0.15) is 5.60 Å². The monoisotopic (exact) mass is 333 g/mol. The van der Waals surface area contributed by atoms with Gasteiger partial charge in [-0.2, -0.15) is 0 Å². The molecule has 0 saturated heterocycles. The SMILES string of the molecule is CCC1(C)OCc2cnc(C(=O)NI)nc21. The van der Waals surface area contributed by atoms with Crippen molar-refractivity contribution in [2.24, 2.45) is 0 Å². The van der Waals surface area contributed by atoms with Crippen molar-refractivity contribution in [1.82, 2.24) is 13.5 Å². The lowest BCUT2D eigenvalue weighted by molar-refractivity contribution is -0.0282. The molecule has 1 atom stereocenters. The number of aromatic nitrogens is 2. The minimum absolute atomic E-state index is 0.193. The van der Waals surface area contributed by atoms with Crippen LogP contribution in [0.5, 0.6) is 0 Å². The molecule has 1 unspecified atom stereocenters. The number of rotatable bonds is 2. The van der Waals surface area contributed by atoms with Crippen molar-refractivity contribution in [3.8, 4) is 0 Å². The maximum atomic E-state index is 11.4. The molecule has 2 heterocycles. The highest BCUT2D eigenvalue weighted by Gasteiger charge is 2.36. The maximum Gasteiger partial charge on any atom is 0.297 e. The fraction of sp³-hybridized carbons (Fsp3) is 0.500. The molecule has 0 spiro atoms. The lowest BCUT2D eigenvalue weighted by atomic mass is 9.98. The second-order valence-electron chi connectivity index (χ2n) is 3.86. The third kappa shape index (κ3) is 1.80. The molecule has 0 fully saturated rings. The molecule has 16 heavy (non-hydrogen) atoms. The number of carbonyl (C=O) groups is 1. The van der Waals surface area contributed by atoms with Gasteiger partial charge in [-0.3, -0.25) is 8.32 Å². The van der Waals surface area contributed by atoms with Gasteiger partial charge in [-0.05, 0) is 13.3 Å². The Bertz CT molecular complexity index is 438. The number of amides is 1. The second kappa shape index (κ2) is 4.25. The van der Waals surface area contributed by atoms with Crippen LogP contribution in [0.15, 0.2) is 6.20 Å². The van der Waals surface area contributed by atoms with Crippen molar-refractivity contribution in [1.29, 1.82) is 0 Å². The van der Waals surface area contributed by atoms with Crippen molar-refractivity contribution in [3.63, 3.8) is 0 Å². The van der Waals surface area contributed by atoms with E-state index < -0.39 is 5.60 Å². The first-order valence-electron chi connectivity index (χ1n) is 5.02. The summed E-state index contributed by atoms with van der Waals surface area (Å²) in [6.07, 6.45) is 2.49. The van der Waals surface area contributed by atoms with Crippen molar-refractivity contribution in [3.05, 3.63) is 23.3 Å². The van der Waals surface area contributed by atoms with Crippen molar-refractivity contribution in [2.75, 3.05) is 0 Å². The van der Waals surface area contributed by atoms with E-state index >= 15 is 0 Å². The number of nitrogens with zero attached hydrogens (tertiary/aromatic N) is 2. The normalized spacial score (nSPS) is 22.9. The van der Waals surface area contributed by atoms with Crippen molar-refractivity contribution < 1.29 is 9.53 Å². The van der Waals surface area contributed by atoms with Gasteiger partial charge in [0.15, 0.2) is 0 Å². The predicted molar refractivity (Wildman–Crippen MR) is 66.0 cm³/mol. The Morgan fingerprint density at radius 3 is 3.12 bits per heavy atom. The molecule has 86 valence electrons. The van der Waals surface area contributed by atoms with Gasteiger partial charge in [0.05, 0.1) is 35.2 Å². The average Bonchev–Trinajstić information content (AvgIpc) is 2.66. The van der Waals surface area contributed by atoms with Gasteiger partial charge in [0.25, 0.3) is 5.91 Å². The third-order valence-corrected chi connectivity index (χ3v) is 3.37. The van der Waals surface area contributed by atoms with Gasteiger partial charge in [0.2, 0.25) is 5.82 Å². The van der Waals surface area contributed by atoms with E-state index in [1.807, 2.05) is 13.8 Å². The Kier molecular flexibility index (Phi) is 3.11. The van der Waals surface area contributed by atoms with E-state index in [2.05, 4.69) is 13.5 Å². The van der Waals surface area contributed by atoms with Crippen LogP contribution in [0.1, 0.15) is 42.1 Å². The molecule has 1 aliphatic rings. The largest absolute Gasteiger partial charge is 0.364 e. The van der Waals surface area contributed by atoms with E-state index in [1.165, 1.54) is 0 Å². The van der Waals surface area contributed by atoms with Crippen molar-refractivity contribution >= 4 is 28.8 Å². The summed E-state index contributed by atoms with van der Waals surface area (Å²) in [7, 11) is 0. The molecule has 1 aliphatic heterocycles. The molecule has 5 nitrogen and oxygen atoms in total. The smallest absolute Gasteiger partial charge is 0.297 e. The first-order valence-corrected chi connectivity index (χ1v) is 6.10. The van der Waals surface area contributed by atoms with E-state index in [1.54, 1.807) is 29.1 Å². The molecule has 6 heteroatoms. The van der Waals surface area contributed by atoms with Crippen LogP contribution in [-0.2, 0) is 16.9 Å². The van der Waals surface area contributed by atoms with E-state index in [4.69, 9.17) is 4.74 Å². The summed E-state index contributed by atoms with van der Waals surface area (Å²) in [5, 5.41) is 0. The molecule has 0 radical (unpaired) electrons. The summed E-state index contributed by atoms with van der Waals surface area (Å²) in [4.78, 5) is 19.7. The Morgan fingerprint density at radius 2 is 2.50 bits per heavy atom. The summed E-state index contributed by atoms with van der Waals surface area (Å²) in [6.45, 7) is 4.54. The van der Waals surface area contributed by atoms with Crippen LogP contribution < -0.4 is 3.53 Å². The zero-order valence-corrected chi connectivity index (χ0v) is 11.2. The van der Waals surface area contributed by atoms with Crippen LogP contribution in [0, 0.1) is 0 Å². The highest BCUT2D eigenvalue weighted by Crippen LogP contribution is 2.36. The Morgan fingerprint density at radius 1 is 1.75 bits per heavy atom. The molecule has 1 N–H and O–H groups in total. The molecule has 0 aromatic carbocycles. The highest BCUT2D eigenvalue weighted by atomic mass is 127. The van der Waals surface area contributed by atoms with Gasteiger partial charge in [-0.15, -0.1) is 0 Å². The zero-order valence-electron chi connectivity index (χ0n) is 9.08. The first kappa shape index (κ1) is 11.7. The molecule has 0 aliphatic carbocycles. The Balaban J connectivity index is 2.45. The highest BCUT2D eigenvalue weighted by molar-refractivity contribution is 14.1. The summed E-state index contributed by atoms with van der Waals surface area (Å²) in [6, 6.07) is 0. The number of carbonyl (C=O) groups excluding carboxylic acids is 1. The van der Waals surface area contributed by atoms with Gasteiger partial charge in [0, 0.05) is 11.8 Å². The zero-order chi connectivity index (χ0) is 11.8. The fourth-order valence-electron chi connectivity index (χ4n) is 1.70. The number of hydrogen-bond acceptors (Lipinski definition) is 4. The van der Waals surface area contributed by atoms with Crippen LogP contribution >= 0.6 is 22.9 Å². The quantitative estimate of drug-likeness (QED) is 0.661. The maximum absolute atomic E-state index is 11.4. The van der Waals surface area contributed by atoms with E-state index in [0.717, 1.165) is 17.7 Å². The molecule has 0 bridgehead atoms. The van der Waals surface area contributed by atoms with Gasteiger partial charge in [-0.1, -0.05) is 6.92 Å². The topological polar surface area (TPSA) is 64.1 Å². The number of fused-ring (bicyclic) bond motifs is 1. The number of halogens is 1. The molecule has 0 saturated carbocycles. The average molecular weight is 333 g/mol. The van der Waals surface area contributed by atoms with E-state index in [0.29, 0.717) is 6.61 Å². The molecular weight excluding hydrogens is 321 g/mol. The van der Waals surface area contributed by atoms with E-state index in [-0.39, 0.29) is 11.7 Å². The minimum Gasteiger partial charge on any atom is -0.364 e. The van der Waals surface area contributed by atoms with Crippen LogP contribution in [-0.4, -0.2) is 15.9 Å². The van der Waals surface area contributed by atoms with Crippen molar-refractivity contribution in [2.45, 2.75) is 32.5 Å². The van der Waals surface area contributed by atoms with E-state index in [9.17, 15) is 4.79 Å². The Labute approximate surface area is 107 Å². The number of hydrogen-bond donors (Lipinski definition) is 1. The third-order valence-electron chi connectivity index (χ3n) is 2.88. The van der Waals surface area contributed by atoms with Gasteiger partial charge < -0.3 is 4.74 Å². The summed E-state index contributed by atoms with van der Waals surface area (Å²) in [5.74, 6) is -0.0907. The van der Waals surface area contributed by atoms with Crippen LogP contribution in [0.4, 0.5) is 0 Å². The molecular formula is C10H12IN3O2. The summed E-state index contributed by atoms with van der Waals surface area (Å²) < 4.78 is 8.18. The number of nitrogens with one attached hydrogen (secondary N) is 1. The fourth-order valence-corrected chi connectivity index (χ4v) is 1.94. The predicted octanol–water partition coefficient (Wildman–Crippen LogP) is 1.71. The first-order chi connectivity index (χ1) is 7.60. The summed E-state index contributed by atoms with van der Waals surface area (Å²) in [5.41, 5.74) is 1.41. The molecule has 2 rings (SSSR count). The van der Waals surface area contributed by atoms with Gasteiger partial charge >= 0.3 is 0 Å².